The van der Waals surface area contributed by atoms with Crippen molar-refractivity contribution in [3.05, 3.63) is 29.3 Å². The van der Waals surface area contributed by atoms with E-state index in [0.29, 0.717) is 6.61 Å². The van der Waals surface area contributed by atoms with Crippen LogP contribution in [0.3, 0.4) is 0 Å². The van der Waals surface area contributed by atoms with E-state index < -0.39 is 0 Å². The number of rotatable bonds is 4. The van der Waals surface area contributed by atoms with Crippen molar-refractivity contribution < 1.29 is 9.53 Å². The Morgan fingerprint density at radius 1 is 1.47 bits per heavy atom. The largest absolute Gasteiger partial charge is 0.492 e. The van der Waals surface area contributed by atoms with Crippen molar-refractivity contribution in [2.75, 3.05) is 26.7 Å². The number of ether oxygens (including phenoxy) is 1. The molecule has 4 heteroatoms. The fourth-order valence-corrected chi connectivity index (χ4v) is 1.94. The molecule has 0 spiro atoms. The highest BCUT2D eigenvalue weighted by atomic mass is 16.5. The molecular weight excluding hydrogens is 216 g/mol. The minimum atomic E-state index is 0.0271. The van der Waals surface area contributed by atoms with Crippen molar-refractivity contribution in [3.8, 4) is 5.75 Å². The molecule has 1 aliphatic heterocycles. The Labute approximate surface area is 101 Å². The van der Waals surface area contributed by atoms with Gasteiger partial charge in [-0.15, -0.1) is 0 Å². The molecule has 1 aromatic rings. The van der Waals surface area contributed by atoms with Gasteiger partial charge >= 0.3 is 0 Å². The summed E-state index contributed by atoms with van der Waals surface area (Å²) in [5.41, 5.74) is 1.87. The van der Waals surface area contributed by atoms with E-state index in [9.17, 15) is 4.79 Å². The molecule has 0 atom stereocenters. The number of hydrogen-bond acceptors (Lipinski definition) is 3. The van der Waals surface area contributed by atoms with Gasteiger partial charge in [0.05, 0.1) is 0 Å². The van der Waals surface area contributed by atoms with E-state index in [2.05, 4.69) is 10.6 Å². The maximum absolute atomic E-state index is 11.7. The number of benzene rings is 1. The zero-order valence-electron chi connectivity index (χ0n) is 10.1. The van der Waals surface area contributed by atoms with Crippen LogP contribution in [-0.2, 0) is 6.42 Å². The smallest absolute Gasteiger partial charge is 0.251 e. The number of carbonyl (C=O) groups excluding carboxylic acids is 1. The van der Waals surface area contributed by atoms with E-state index in [1.54, 1.807) is 0 Å². The van der Waals surface area contributed by atoms with E-state index in [1.807, 2.05) is 25.2 Å². The zero-order valence-corrected chi connectivity index (χ0v) is 10.1. The first-order valence-electron chi connectivity index (χ1n) is 6.00. The summed E-state index contributed by atoms with van der Waals surface area (Å²) in [5.74, 6) is 0.868. The van der Waals surface area contributed by atoms with Crippen LogP contribution >= 0.6 is 0 Å². The first-order chi connectivity index (χ1) is 8.31. The average molecular weight is 234 g/mol. The molecule has 1 amide bonds. The molecule has 0 fully saturated rings. The van der Waals surface area contributed by atoms with Crippen LogP contribution in [0.25, 0.3) is 0 Å². The minimum Gasteiger partial charge on any atom is -0.492 e. The van der Waals surface area contributed by atoms with E-state index in [0.717, 1.165) is 42.8 Å². The molecule has 0 aliphatic carbocycles. The van der Waals surface area contributed by atoms with Gasteiger partial charge in [-0.1, -0.05) is 0 Å². The molecule has 1 heterocycles. The van der Waals surface area contributed by atoms with E-state index in [4.69, 9.17) is 4.74 Å². The Hall–Kier alpha value is -1.55. The number of amides is 1. The second kappa shape index (κ2) is 5.68. The Bertz CT molecular complexity index is 404. The van der Waals surface area contributed by atoms with Crippen molar-refractivity contribution >= 4 is 5.91 Å². The van der Waals surface area contributed by atoms with Gasteiger partial charge in [0.2, 0.25) is 0 Å². The number of hydrogen-bond donors (Lipinski definition) is 2. The predicted molar refractivity (Wildman–Crippen MR) is 66.5 cm³/mol. The van der Waals surface area contributed by atoms with Crippen molar-refractivity contribution in [1.29, 1.82) is 0 Å². The van der Waals surface area contributed by atoms with Gasteiger partial charge in [0.15, 0.2) is 0 Å². The Balaban J connectivity index is 2.12. The third kappa shape index (κ3) is 2.97. The molecule has 1 aromatic carbocycles. The lowest BCUT2D eigenvalue weighted by atomic mass is 10.0. The number of nitrogens with one attached hydrogen (secondary N) is 2. The van der Waals surface area contributed by atoms with Crippen LogP contribution in [-0.4, -0.2) is 32.7 Å². The number of carbonyl (C=O) groups is 1. The molecule has 0 saturated carbocycles. The number of aryl methyl sites for hydroxylation is 1. The van der Waals surface area contributed by atoms with Crippen LogP contribution in [0.2, 0.25) is 0 Å². The Kier molecular flexibility index (Phi) is 3.98. The molecule has 0 aromatic heterocycles. The molecule has 92 valence electrons. The second-order valence-corrected chi connectivity index (χ2v) is 4.13. The molecule has 0 radical (unpaired) electrons. The maximum atomic E-state index is 11.7. The topological polar surface area (TPSA) is 50.4 Å². The lowest BCUT2D eigenvalue weighted by molar-refractivity contribution is 0.0956. The molecule has 0 saturated heterocycles. The molecule has 4 nitrogen and oxygen atoms in total. The van der Waals surface area contributed by atoms with Gasteiger partial charge < -0.3 is 15.4 Å². The van der Waals surface area contributed by atoms with Gasteiger partial charge in [0.1, 0.15) is 12.4 Å². The van der Waals surface area contributed by atoms with Gasteiger partial charge in [-0.3, -0.25) is 4.79 Å². The first kappa shape index (κ1) is 11.9. The zero-order chi connectivity index (χ0) is 12.1. The molecular formula is C13H18N2O2. The quantitative estimate of drug-likeness (QED) is 0.763. The lowest BCUT2D eigenvalue weighted by Crippen LogP contribution is -2.22. The number of likely N-dealkylation sites (N-methyl/N-ethyl adjacent to an activating group) is 1. The average Bonchev–Trinajstić information content (AvgIpc) is 2.52. The van der Waals surface area contributed by atoms with Crippen LogP contribution < -0.4 is 15.4 Å². The van der Waals surface area contributed by atoms with E-state index >= 15 is 0 Å². The van der Waals surface area contributed by atoms with Crippen LogP contribution in [0.15, 0.2) is 18.2 Å². The third-order valence-corrected chi connectivity index (χ3v) is 2.85. The Morgan fingerprint density at radius 2 is 2.35 bits per heavy atom. The molecule has 0 unspecified atom stereocenters. The van der Waals surface area contributed by atoms with Crippen LogP contribution in [0.4, 0.5) is 0 Å². The number of fused-ring (bicyclic) bond motifs is 1. The highest BCUT2D eigenvalue weighted by Crippen LogP contribution is 2.21. The molecule has 1 aliphatic rings. The summed E-state index contributed by atoms with van der Waals surface area (Å²) in [7, 11) is 1.89. The summed E-state index contributed by atoms with van der Waals surface area (Å²) in [6.07, 6.45) is 1.91. The normalized spacial score (nSPS) is 14.8. The summed E-state index contributed by atoms with van der Waals surface area (Å²) in [6.45, 7) is 2.21. The SMILES string of the molecule is CNCCOc1ccc2c(c1)CCCNC2=O. The molecule has 2 rings (SSSR count). The molecule has 17 heavy (non-hydrogen) atoms. The summed E-state index contributed by atoms with van der Waals surface area (Å²) in [5, 5.41) is 5.91. The van der Waals surface area contributed by atoms with Crippen molar-refractivity contribution in [2.45, 2.75) is 12.8 Å². The highest BCUT2D eigenvalue weighted by molar-refractivity contribution is 5.96. The molecule has 0 bridgehead atoms. The van der Waals surface area contributed by atoms with Crippen LogP contribution in [0, 0.1) is 0 Å². The minimum absolute atomic E-state index is 0.0271. The van der Waals surface area contributed by atoms with Gasteiger partial charge in [0.25, 0.3) is 5.91 Å². The fourth-order valence-electron chi connectivity index (χ4n) is 1.94. The first-order valence-corrected chi connectivity index (χ1v) is 6.00. The van der Waals surface area contributed by atoms with E-state index in [-0.39, 0.29) is 5.91 Å². The van der Waals surface area contributed by atoms with Gasteiger partial charge in [-0.2, -0.15) is 0 Å². The molecule has 2 N–H and O–H groups in total. The standard InChI is InChI=1S/C13H18N2O2/c1-14-7-8-17-11-4-5-12-10(9-11)3-2-6-15-13(12)16/h4-5,9,14H,2-3,6-8H2,1H3,(H,15,16). The lowest BCUT2D eigenvalue weighted by Gasteiger charge is -2.09. The van der Waals surface area contributed by atoms with Crippen LogP contribution in [0.1, 0.15) is 22.3 Å². The van der Waals surface area contributed by atoms with Crippen LogP contribution in [0.5, 0.6) is 5.75 Å². The monoisotopic (exact) mass is 234 g/mol. The summed E-state index contributed by atoms with van der Waals surface area (Å²) in [6, 6.07) is 5.69. The fraction of sp³-hybridized carbons (Fsp3) is 0.462. The maximum Gasteiger partial charge on any atom is 0.251 e. The second-order valence-electron chi connectivity index (χ2n) is 4.13. The van der Waals surface area contributed by atoms with Crippen molar-refractivity contribution in [2.24, 2.45) is 0 Å². The summed E-state index contributed by atoms with van der Waals surface area (Å²) < 4.78 is 5.59. The summed E-state index contributed by atoms with van der Waals surface area (Å²) in [4.78, 5) is 11.7. The van der Waals surface area contributed by atoms with Gasteiger partial charge in [-0.05, 0) is 43.7 Å². The summed E-state index contributed by atoms with van der Waals surface area (Å²) >= 11 is 0. The third-order valence-electron chi connectivity index (χ3n) is 2.85. The van der Waals surface area contributed by atoms with E-state index in [1.165, 1.54) is 0 Å². The van der Waals surface area contributed by atoms with Gasteiger partial charge in [-0.25, -0.2) is 0 Å². The van der Waals surface area contributed by atoms with Crippen molar-refractivity contribution in [1.82, 2.24) is 10.6 Å². The highest BCUT2D eigenvalue weighted by Gasteiger charge is 2.15. The predicted octanol–water partition coefficient (Wildman–Crippen LogP) is 0.961. The Morgan fingerprint density at radius 3 is 3.18 bits per heavy atom. The van der Waals surface area contributed by atoms with Crippen molar-refractivity contribution in [3.63, 3.8) is 0 Å². The van der Waals surface area contributed by atoms with Gasteiger partial charge in [0, 0.05) is 18.7 Å².